The Kier molecular flexibility index (Phi) is 4.29. The van der Waals surface area contributed by atoms with E-state index >= 15 is 0 Å². The normalized spacial score (nSPS) is 19.1. The van der Waals surface area contributed by atoms with Gasteiger partial charge in [-0.1, -0.05) is 20.8 Å². The molecule has 2 N–H and O–H groups in total. The van der Waals surface area contributed by atoms with Gasteiger partial charge in [0.2, 0.25) is 11.8 Å². The van der Waals surface area contributed by atoms with Gasteiger partial charge in [0.15, 0.2) is 0 Å². The molecule has 0 saturated heterocycles. The molecule has 1 atom stereocenters. The number of aryl methyl sites for hydroxylation is 1. The molecule has 7 heteroatoms. The molecule has 1 aromatic heterocycles. The molecule has 1 aromatic rings. The summed E-state index contributed by atoms with van der Waals surface area (Å²) in [6.45, 7) is 9.53. The maximum atomic E-state index is 11.2. The van der Waals surface area contributed by atoms with Crippen molar-refractivity contribution in [3.63, 3.8) is 0 Å². The lowest BCUT2D eigenvalue weighted by molar-refractivity contribution is -0.385. The van der Waals surface area contributed by atoms with Crippen molar-refractivity contribution in [2.45, 2.75) is 40.5 Å². The van der Waals surface area contributed by atoms with E-state index in [1.807, 2.05) is 6.92 Å². The van der Waals surface area contributed by atoms with Crippen molar-refractivity contribution in [1.82, 2.24) is 9.97 Å². The maximum Gasteiger partial charge on any atom is 0.332 e. The lowest BCUT2D eigenvalue weighted by atomic mass is 10.1. The molecular formula is C14H23N5O2. The number of aromatic nitrogens is 2. The summed E-state index contributed by atoms with van der Waals surface area (Å²) < 4.78 is 0. The average Bonchev–Trinajstić information content (AvgIpc) is 3.00. The van der Waals surface area contributed by atoms with Gasteiger partial charge in [-0.3, -0.25) is 10.1 Å². The Bertz CT molecular complexity index is 544. The van der Waals surface area contributed by atoms with Crippen LogP contribution in [0.25, 0.3) is 0 Å². The summed E-state index contributed by atoms with van der Waals surface area (Å²) in [5.41, 5.74) is 0.675. The Balaban J connectivity index is 2.18. The van der Waals surface area contributed by atoms with Gasteiger partial charge in [-0.25, -0.2) is 4.98 Å². The Hall–Kier alpha value is -1.92. The topological polar surface area (TPSA) is 93.0 Å². The van der Waals surface area contributed by atoms with E-state index in [0.717, 1.165) is 19.4 Å². The predicted molar refractivity (Wildman–Crippen MR) is 82.6 cm³/mol. The first kappa shape index (κ1) is 15.5. The highest BCUT2D eigenvalue weighted by Gasteiger charge is 2.45. The van der Waals surface area contributed by atoms with Gasteiger partial charge in [-0.15, -0.1) is 0 Å². The van der Waals surface area contributed by atoms with Crippen LogP contribution in [0.15, 0.2) is 0 Å². The number of nitrogens with zero attached hydrogens (tertiary/aromatic N) is 3. The van der Waals surface area contributed by atoms with Crippen LogP contribution >= 0.6 is 0 Å². The fraction of sp³-hybridized carbons (Fsp3) is 0.714. The minimum Gasteiger partial charge on any atom is -0.364 e. The van der Waals surface area contributed by atoms with Gasteiger partial charge in [-0.05, 0) is 31.1 Å². The van der Waals surface area contributed by atoms with Crippen molar-refractivity contribution in [2.75, 3.05) is 23.7 Å². The fourth-order valence-corrected chi connectivity index (χ4v) is 2.37. The average molecular weight is 293 g/mol. The summed E-state index contributed by atoms with van der Waals surface area (Å²) in [5.74, 6) is 1.30. The SMILES string of the molecule is CCCNc1nc(C)c([N+](=O)[O-])c(NCC2CC2(C)C)n1. The molecule has 116 valence electrons. The van der Waals surface area contributed by atoms with E-state index in [0.29, 0.717) is 35.3 Å². The number of hydrogen-bond donors (Lipinski definition) is 2. The minimum atomic E-state index is -0.417. The largest absolute Gasteiger partial charge is 0.364 e. The minimum absolute atomic E-state index is 0.0319. The molecule has 0 aliphatic heterocycles. The van der Waals surface area contributed by atoms with Gasteiger partial charge in [0.05, 0.1) is 4.92 Å². The van der Waals surface area contributed by atoms with Gasteiger partial charge in [0, 0.05) is 13.1 Å². The van der Waals surface area contributed by atoms with E-state index in [9.17, 15) is 10.1 Å². The van der Waals surface area contributed by atoms with Crippen LogP contribution in [0.4, 0.5) is 17.5 Å². The Labute approximate surface area is 124 Å². The summed E-state index contributed by atoms with van der Waals surface area (Å²) in [6, 6.07) is 0. The Morgan fingerprint density at radius 3 is 2.57 bits per heavy atom. The molecule has 0 spiro atoms. The van der Waals surface area contributed by atoms with Crippen LogP contribution in [0.3, 0.4) is 0 Å². The third-order valence-electron chi connectivity index (χ3n) is 4.01. The van der Waals surface area contributed by atoms with E-state index in [4.69, 9.17) is 0 Å². The molecule has 0 amide bonds. The van der Waals surface area contributed by atoms with Crippen molar-refractivity contribution >= 4 is 17.5 Å². The molecule has 1 heterocycles. The highest BCUT2D eigenvalue weighted by atomic mass is 16.6. The van der Waals surface area contributed by atoms with Crippen LogP contribution in [-0.4, -0.2) is 28.0 Å². The van der Waals surface area contributed by atoms with Crippen molar-refractivity contribution in [1.29, 1.82) is 0 Å². The smallest absolute Gasteiger partial charge is 0.332 e. The lowest BCUT2D eigenvalue weighted by Gasteiger charge is -2.11. The summed E-state index contributed by atoms with van der Waals surface area (Å²) >= 11 is 0. The van der Waals surface area contributed by atoms with Gasteiger partial charge < -0.3 is 10.6 Å². The number of nitrogens with one attached hydrogen (secondary N) is 2. The predicted octanol–water partition coefficient (Wildman–Crippen LogP) is 2.97. The van der Waals surface area contributed by atoms with Crippen LogP contribution in [0, 0.1) is 28.4 Å². The van der Waals surface area contributed by atoms with Crippen molar-refractivity contribution in [3.8, 4) is 0 Å². The maximum absolute atomic E-state index is 11.2. The molecule has 1 saturated carbocycles. The zero-order chi connectivity index (χ0) is 15.6. The van der Waals surface area contributed by atoms with E-state index in [2.05, 4.69) is 34.4 Å². The monoisotopic (exact) mass is 293 g/mol. The Morgan fingerprint density at radius 1 is 1.38 bits per heavy atom. The van der Waals surface area contributed by atoms with Gasteiger partial charge in [0.1, 0.15) is 5.69 Å². The van der Waals surface area contributed by atoms with Gasteiger partial charge in [0.25, 0.3) is 0 Å². The molecule has 1 unspecified atom stereocenters. The standard InChI is InChI=1S/C14H23N5O2/c1-5-6-15-13-17-9(2)11(19(20)21)12(18-13)16-8-10-7-14(10,3)4/h10H,5-8H2,1-4H3,(H2,15,16,17,18). The molecule has 0 aromatic carbocycles. The molecule has 0 bridgehead atoms. The fourth-order valence-electron chi connectivity index (χ4n) is 2.37. The molecule has 0 radical (unpaired) electrons. The van der Waals surface area contributed by atoms with Gasteiger partial charge in [-0.2, -0.15) is 4.98 Å². The second-order valence-corrected chi connectivity index (χ2v) is 6.28. The summed E-state index contributed by atoms with van der Waals surface area (Å²) in [6.07, 6.45) is 2.08. The number of anilines is 2. The van der Waals surface area contributed by atoms with Crippen LogP contribution < -0.4 is 10.6 Å². The quantitative estimate of drug-likeness (QED) is 0.593. The highest BCUT2D eigenvalue weighted by molar-refractivity contribution is 5.60. The van der Waals surface area contributed by atoms with E-state index in [1.165, 1.54) is 0 Å². The molecule has 7 nitrogen and oxygen atoms in total. The van der Waals surface area contributed by atoms with Crippen molar-refractivity contribution in [2.24, 2.45) is 11.3 Å². The Morgan fingerprint density at radius 2 is 2.05 bits per heavy atom. The number of hydrogen-bond acceptors (Lipinski definition) is 6. The first-order valence-corrected chi connectivity index (χ1v) is 7.36. The van der Waals surface area contributed by atoms with Crippen LogP contribution in [-0.2, 0) is 0 Å². The van der Waals surface area contributed by atoms with Crippen LogP contribution in [0.5, 0.6) is 0 Å². The second-order valence-electron chi connectivity index (χ2n) is 6.28. The first-order valence-electron chi connectivity index (χ1n) is 7.36. The van der Waals surface area contributed by atoms with E-state index < -0.39 is 4.92 Å². The van der Waals surface area contributed by atoms with Crippen molar-refractivity contribution < 1.29 is 4.92 Å². The number of nitro groups is 1. The van der Waals surface area contributed by atoms with Crippen molar-refractivity contribution in [3.05, 3.63) is 15.8 Å². The summed E-state index contributed by atoms with van der Waals surface area (Å²) in [4.78, 5) is 19.2. The third-order valence-corrected chi connectivity index (χ3v) is 4.01. The molecule has 1 fully saturated rings. The molecular weight excluding hydrogens is 270 g/mol. The van der Waals surface area contributed by atoms with E-state index in [1.54, 1.807) is 6.92 Å². The zero-order valence-electron chi connectivity index (χ0n) is 13.1. The highest BCUT2D eigenvalue weighted by Crippen LogP contribution is 2.51. The van der Waals surface area contributed by atoms with Crippen LogP contribution in [0.1, 0.15) is 39.3 Å². The third kappa shape index (κ3) is 3.59. The molecule has 21 heavy (non-hydrogen) atoms. The van der Waals surface area contributed by atoms with Crippen LogP contribution in [0.2, 0.25) is 0 Å². The second kappa shape index (κ2) is 5.83. The van der Waals surface area contributed by atoms with Gasteiger partial charge >= 0.3 is 5.69 Å². The summed E-state index contributed by atoms with van der Waals surface area (Å²) in [7, 11) is 0. The first-order chi connectivity index (χ1) is 9.85. The number of rotatable bonds is 7. The molecule has 2 rings (SSSR count). The zero-order valence-corrected chi connectivity index (χ0v) is 13.1. The molecule has 1 aliphatic rings. The molecule has 1 aliphatic carbocycles. The van der Waals surface area contributed by atoms with E-state index in [-0.39, 0.29) is 5.69 Å². The summed E-state index contributed by atoms with van der Waals surface area (Å²) in [5, 5.41) is 17.4. The lowest BCUT2D eigenvalue weighted by Crippen LogP contribution is -2.14.